The van der Waals surface area contributed by atoms with Crippen molar-refractivity contribution in [1.82, 2.24) is 0 Å². The Morgan fingerprint density at radius 1 is 0.696 bits per heavy atom. The third-order valence-corrected chi connectivity index (χ3v) is 5.63. The molecule has 0 aliphatic rings. The summed E-state index contributed by atoms with van der Waals surface area (Å²) in [4.78, 5) is 0.190. The molecular weight excluding hydrogens is 340 g/mol. The summed E-state index contributed by atoms with van der Waals surface area (Å²) < 4.78 is 57.3. The van der Waals surface area contributed by atoms with Crippen LogP contribution in [-0.4, -0.2) is 36.0 Å². The van der Waals surface area contributed by atoms with Gasteiger partial charge in [0.05, 0.1) is 23.0 Å². The minimum absolute atomic E-state index is 0.0388. The molecule has 6 nitrogen and oxygen atoms in total. The van der Waals surface area contributed by atoms with Crippen LogP contribution in [0.1, 0.15) is 0 Å². The standard InChI is InChI=1S/C15H16O6S2/c16-22(17,14-7-3-1-4-8-14)13-20-11-12-21-23(18,19)15-9-5-2-6-10-15/h1-10H,11-13H2. The van der Waals surface area contributed by atoms with E-state index in [2.05, 4.69) is 0 Å². The van der Waals surface area contributed by atoms with Crippen molar-refractivity contribution in [2.24, 2.45) is 0 Å². The Labute approximate surface area is 135 Å². The Kier molecular flexibility index (Phi) is 5.89. The van der Waals surface area contributed by atoms with Gasteiger partial charge in [-0.15, -0.1) is 0 Å². The minimum Gasteiger partial charge on any atom is -0.363 e. The van der Waals surface area contributed by atoms with Crippen LogP contribution in [0.2, 0.25) is 0 Å². The van der Waals surface area contributed by atoms with Crippen LogP contribution in [0, 0.1) is 0 Å². The Bertz CT molecular complexity index is 743. The molecule has 0 amide bonds. The summed E-state index contributed by atoms with van der Waals surface area (Å²) in [5.74, 6) is -0.536. The van der Waals surface area contributed by atoms with Crippen LogP contribution in [0.25, 0.3) is 0 Å². The van der Waals surface area contributed by atoms with E-state index in [4.69, 9.17) is 8.92 Å². The van der Waals surface area contributed by atoms with E-state index in [1.165, 1.54) is 24.3 Å². The maximum Gasteiger partial charge on any atom is 0.297 e. The second-order valence-electron chi connectivity index (χ2n) is 4.54. The first-order valence-electron chi connectivity index (χ1n) is 6.72. The van der Waals surface area contributed by atoms with E-state index < -0.39 is 25.9 Å². The van der Waals surface area contributed by atoms with E-state index in [1.807, 2.05) is 0 Å². The zero-order valence-electron chi connectivity index (χ0n) is 12.2. The smallest absolute Gasteiger partial charge is 0.297 e. The highest BCUT2D eigenvalue weighted by Gasteiger charge is 2.16. The van der Waals surface area contributed by atoms with Crippen LogP contribution in [0.4, 0.5) is 0 Å². The lowest BCUT2D eigenvalue weighted by atomic mass is 10.4. The molecule has 0 fully saturated rings. The van der Waals surface area contributed by atoms with Gasteiger partial charge in [-0.1, -0.05) is 36.4 Å². The van der Waals surface area contributed by atoms with Gasteiger partial charge in [-0.3, -0.25) is 4.18 Å². The maximum absolute atomic E-state index is 11.9. The van der Waals surface area contributed by atoms with E-state index in [0.717, 1.165) is 0 Å². The van der Waals surface area contributed by atoms with Crippen LogP contribution in [0.3, 0.4) is 0 Å². The fourth-order valence-electron chi connectivity index (χ4n) is 1.72. The predicted molar refractivity (Wildman–Crippen MR) is 84.0 cm³/mol. The third kappa shape index (κ3) is 5.14. The van der Waals surface area contributed by atoms with Gasteiger partial charge in [-0.25, -0.2) is 8.42 Å². The molecule has 0 saturated carbocycles. The van der Waals surface area contributed by atoms with Gasteiger partial charge in [0.2, 0.25) is 9.84 Å². The molecule has 0 unspecified atom stereocenters. The Morgan fingerprint density at radius 3 is 1.78 bits per heavy atom. The second-order valence-corrected chi connectivity index (χ2v) is 8.10. The molecular formula is C15H16O6S2. The molecule has 124 valence electrons. The molecule has 2 aromatic carbocycles. The summed E-state index contributed by atoms with van der Waals surface area (Å²) in [6, 6.07) is 15.6. The largest absolute Gasteiger partial charge is 0.363 e. The number of hydrogen-bond acceptors (Lipinski definition) is 6. The summed E-state index contributed by atoms with van der Waals surface area (Å²) in [6.45, 7) is -0.417. The van der Waals surface area contributed by atoms with Gasteiger partial charge >= 0.3 is 0 Å². The van der Waals surface area contributed by atoms with E-state index in [9.17, 15) is 16.8 Å². The quantitative estimate of drug-likeness (QED) is 0.530. The van der Waals surface area contributed by atoms with E-state index in [-0.39, 0.29) is 23.0 Å². The van der Waals surface area contributed by atoms with Gasteiger partial charge in [-0.05, 0) is 24.3 Å². The van der Waals surface area contributed by atoms with Crippen molar-refractivity contribution in [1.29, 1.82) is 0 Å². The van der Waals surface area contributed by atoms with E-state index in [1.54, 1.807) is 36.4 Å². The summed E-state index contributed by atoms with van der Waals surface area (Å²) in [7, 11) is -7.41. The van der Waals surface area contributed by atoms with Gasteiger partial charge in [-0.2, -0.15) is 8.42 Å². The third-order valence-electron chi connectivity index (χ3n) is 2.84. The Morgan fingerprint density at radius 2 is 1.22 bits per heavy atom. The highest BCUT2D eigenvalue weighted by Crippen LogP contribution is 2.12. The predicted octanol–water partition coefficient (Wildman–Crippen LogP) is 1.84. The van der Waals surface area contributed by atoms with Crippen molar-refractivity contribution in [2.75, 3.05) is 19.2 Å². The second kappa shape index (κ2) is 7.69. The van der Waals surface area contributed by atoms with Gasteiger partial charge in [0.15, 0.2) is 5.94 Å². The average Bonchev–Trinajstić information content (AvgIpc) is 2.56. The first-order valence-corrected chi connectivity index (χ1v) is 9.78. The maximum atomic E-state index is 11.9. The van der Waals surface area contributed by atoms with Crippen molar-refractivity contribution in [3.63, 3.8) is 0 Å². The van der Waals surface area contributed by atoms with Gasteiger partial charge in [0.1, 0.15) is 0 Å². The van der Waals surface area contributed by atoms with Crippen LogP contribution in [0.15, 0.2) is 70.5 Å². The van der Waals surface area contributed by atoms with E-state index >= 15 is 0 Å². The van der Waals surface area contributed by atoms with Crippen LogP contribution in [0.5, 0.6) is 0 Å². The molecule has 0 aliphatic heterocycles. The minimum atomic E-state index is -3.86. The number of benzene rings is 2. The first-order chi connectivity index (χ1) is 10.9. The van der Waals surface area contributed by atoms with Crippen LogP contribution in [-0.2, 0) is 28.9 Å². The molecule has 0 atom stereocenters. The van der Waals surface area contributed by atoms with Crippen molar-refractivity contribution in [3.8, 4) is 0 Å². The molecule has 0 N–H and O–H groups in total. The molecule has 0 saturated heterocycles. The van der Waals surface area contributed by atoms with Crippen molar-refractivity contribution in [2.45, 2.75) is 9.79 Å². The first kappa shape index (κ1) is 17.6. The molecule has 0 aromatic heterocycles. The molecule has 8 heteroatoms. The summed E-state index contributed by atoms with van der Waals surface area (Å²) in [5.41, 5.74) is 0. The topological polar surface area (TPSA) is 86.7 Å². The summed E-state index contributed by atoms with van der Waals surface area (Å²) in [5, 5.41) is 0. The van der Waals surface area contributed by atoms with Gasteiger partial charge in [0.25, 0.3) is 10.1 Å². The molecule has 23 heavy (non-hydrogen) atoms. The fourth-order valence-corrected chi connectivity index (χ4v) is 3.68. The zero-order valence-corrected chi connectivity index (χ0v) is 13.8. The number of ether oxygens (including phenoxy) is 1. The Balaban J connectivity index is 1.80. The van der Waals surface area contributed by atoms with Crippen LogP contribution >= 0.6 is 0 Å². The van der Waals surface area contributed by atoms with Gasteiger partial charge < -0.3 is 4.74 Å². The fraction of sp³-hybridized carbons (Fsp3) is 0.200. The number of sulfone groups is 1. The van der Waals surface area contributed by atoms with Crippen molar-refractivity contribution >= 4 is 20.0 Å². The normalized spacial score (nSPS) is 12.2. The molecule has 0 radical (unpaired) electrons. The molecule has 0 spiro atoms. The summed E-state index contributed by atoms with van der Waals surface area (Å²) >= 11 is 0. The molecule has 2 rings (SSSR count). The molecule has 2 aromatic rings. The van der Waals surface area contributed by atoms with Crippen molar-refractivity contribution in [3.05, 3.63) is 60.7 Å². The lowest BCUT2D eigenvalue weighted by molar-refractivity contribution is 0.134. The lowest BCUT2D eigenvalue weighted by Gasteiger charge is -2.07. The van der Waals surface area contributed by atoms with Crippen molar-refractivity contribution < 1.29 is 25.8 Å². The highest BCUT2D eigenvalue weighted by atomic mass is 32.2. The monoisotopic (exact) mass is 356 g/mol. The molecule has 0 bridgehead atoms. The zero-order chi connectivity index (χ0) is 16.8. The van der Waals surface area contributed by atoms with Crippen LogP contribution < -0.4 is 0 Å². The SMILES string of the molecule is O=S(=O)(COCCOS(=O)(=O)c1ccccc1)c1ccccc1. The molecule has 0 heterocycles. The number of rotatable bonds is 8. The van der Waals surface area contributed by atoms with Gasteiger partial charge in [0, 0.05) is 0 Å². The number of hydrogen-bond donors (Lipinski definition) is 0. The average molecular weight is 356 g/mol. The highest BCUT2D eigenvalue weighted by molar-refractivity contribution is 7.91. The molecule has 0 aliphatic carbocycles. The summed E-state index contributed by atoms with van der Waals surface area (Å²) in [6.07, 6.45) is 0. The lowest BCUT2D eigenvalue weighted by Crippen LogP contribution is -2.15. The van der Waals surface area contributed by atoms with E-state index in [0.29, 0.717) is 0 Å². The Hall–Kier alpha value is -1.74.